The number of carbonyl (C=O) groups excluding carboxylic acids is 1. The molecule has 0 aliphatic carbocycles. The molecule has 1 N–H and O–H groups in total. The van der Waals surface area contributed by atoms with Crippen LogP contribution in [-0.2, 0) is 4.74 Å². The molecule has 1 saturated heterocycles. The van der Waals surface area contributed by atoms with Crippen LogP contribution < -0.4 is 5.32 Å². The Bertz CT molecular complexity index is 216. The third-order valence-corrected chi connectivity index (χ3v) is 2.21. The Morgan fingerprint density at radius 2 is 1.65 bits per heavy atom. The normalized spacial score (nSPS) is 17.2. The molecule has 1 rings (SSSR count). The molecule has 1 fully saturated rings. The van der Waals surface area contributed by atoms with E-state index in [1.165, 1.54) is 0 Å². The summed E-state index contributed by atoms with van der Waals surface area (Å²) < 4.78 is 5.34. The van der Waals surface area contributed by atoms with Gasteiger partial charge in [-0.3, -0.25) is 0 Å². The molecular formula is C13H26N2O2. The molecule has 0 radical (unpaired) electrons. The maximum absolute atomic E-state index is 11.8. The van der Waals surface area contributed by atoms with Crippen LogP contribution in [0.2, 0.25) is 0 Å². The third-order valence-electron chi connectivity index (χ3n) is 2.21. The van der Waals surface area contributed by atoms with Crippen LogP contribution in [0.25, 0.3) is 0 Å². The molecule has 1 heterocycles. The molecule has 0 unspecified atom stereocenters. The first-order valence-electron chi connectivity index (χ1n) is 6.18. The van der Waals surface area contributed by atoms with Crippen molar-refractivity contribution >= 4 is 6.09 Å². The Hall–Kier alpha value is -1.03. The maximum atomic E-state index is 11.8. The Morgan fingerprint density at radius 3 is 2.06 bits per heavy atom. The standard InChI is InChI=1S/C11H22N2O2.C2H4/c1-11(2,3)15-10(14)13-8-4-6-12-7-5-9-13;1-2/h12H,4-9H2,1-3H3;1-2H2. The summed E-state index contributed by atoms with van der Waals surface area (Å²) in [6.07, 6.45) is 1.82. The van der Waals surface area contributed by atoms with E-state index in [4.69, 9.17) is 4.74 Å². The molecule has 0 aromatic heterocycles. The molecular weight excluding hydrogens is 216 g/mol. The van der Waals surface area contributed by atoms with Gasteiger partial charge in [0, 0.05) is 13.1 Å². The lowest BCUT2D eigenvalue weighted by molar-refractivity contribution is 0.0240. The van der Waals surface area contributed by atoms with Crippen molar-refractivity contribution in [3.05, 3.63) is 13.2 Å². The lowest BCUT2D eigenvalue weighted by Gasteiger charge is -2.28. The zero-order valence-corrected chi connectivity index (χ0v) is 11.4. The highest BCUT2D eigenvalue weighted by atomic mass is 16.6. The SMILES string of the molecule is C=C.CC(C)(C)OC(=O)N1CCCNCCC1. The second-order valence-corrected chi connectivity index (χ2v) is 4.92. The largest absolute Gasteiger partial charge is 0.444 e. The first kappa shape index (κ1) is 16.0. The first-order chi connectivity index (χ1) is 7.99. The van der Waals surface area contributed by atoms with E-state index >= 15 is 0 Å². The van der Waals surface area contributed by atoms with Crippen LogP contribution in [0.3, 0.4) is 0 Å². The zero-order valence-electron chi connectivity index (χ0n) is 11.4. The topological polar surface area (TPSA) is 41.6 Å². The summed E-state index contributed by atoms with van der Waals surface area (Å²) in [5.74, 6) is 0. The van der Waals surface area contributed by atoms with Crippen LogP contribution >= 0.6 is 0 Å². The van der Waals surface area contributed by atoms with Crippen LogP contribution in [-0.4, -0.2) is 42.8 Å². The fourth-order valence-electron chi connectivity index (χ4n) is 1.54. The predicted molar refractivity (Wildman–Crippen MR) is 71.2 cm³/mol. The predicted octanol–water partition coefficient (Wildman–Crippen LogP) is 2.41. The fourth-order valence-corrected chi connectivity index (χ4v) is 1.54. The fraction of sp³-hybridized carbons (Fsp3) is 0.769. The number of rotatable bonds is 0. The third kappa shape index (κ3) is 7.80. The van der Waals surface area contributed by atoms with Gasteiger partial charge in [-0.05, 0) is 46.7 Å². The van der Waals surface area contributed by atoms with E-state index in [0.717, 1.165) is 39.0 Å². The molecule has 1 amide bonds. The molecule has 4 heteroatoms. The number of nitrogens with one attached hydrogen (secondary N) is 1. The van der Waals surface area contributed by atoms with Crippen molar-refractivity contribution in [1.82, 2.24) is 10.2 Å². The van der Waals surface area contributed by atoms with Gasteiger partial charge in [-0.15, -0.1) is 13.2 Å². The second-order valence-electron chi connectivity index (χ2n) is 4.92. The summed E-state index contributed by atoms with van der Waals surface area (Å²) in [5, 5.41) is 3.32. The Morgan fingerprint density at radius 1 is 1.18 bits per heavy atom. The minimum Gasteiger partial charge on any atom is -0.444 e. The van der Waals surface area contributed by atoms with Gasteiger partial charge in [-0.2, -0.15) is 0 Å². The molecule has 0 atom stereocenters. The summed E-state index contributed by atoms with van der Waals surface area (Å²) in [7, 11) is 0. The highest BCUT2D eigenvalue weighted by Gasteiger charge is 2.21. The molecule has 4 nitrogen and oxygen atoms in total. The van der Waals surface area contributed by atoms with Crippen molar-refractivity contribution in [2.75, 3.05) is 26.2 Å². The van der Waals surface area contributed by atoms with E-state index in [9.17, 15) is 4.79 Å². The molecule has 1 aliphatic heterocycles. The zero-order chi connectivity index (χ0) is 13.3. The highest BCUT2D eigenvalue weighted by Crippen LogP contribution is 2.10. The lowest BCUT2D eigenvalue weighted by atomic mass is 10.2. The Labute approximate surface area is 105 Å². The van der Waals surface area contributed by atoms with E-state index in [2.05, 4.69) is 18.5 Å². The number of hydrogen-bond donors (Lipinski definition) is 1. The number of ether oxygens (including phenoxy) is 1. The molecule has 1 aliphatic rings. The van der Waals surface area contributed by atoms with Crippen LogP contribution in [0.15, 0.2) is 13.2 Å². The summed E-state index contributed by atoms with van der Waals surface area (Å²) in [4.78, 5) is 13.6. The van der Waals surface area contributed by atoms with Crippen molar-refractivity contribution in [1.29, 1.82) is 0 Å². The van der Waals surface area contributed by atoms with Crippen molar-refractivity contribution in [2.45, 2.75) is 39.2 Å². The average Bonchev–Trinajstić information content (AvgIpc) is 2.17. The van der Waals surface area contributed by atoms with Gasteiger partial charge in [0.25, 0.3) is 0 Å². The lowest BCUT2D eigenvalue weighted by Crippen LogP contribution is -2.41. The second kappa shape index (κ2) is 8.12. The smallest absolute Gasteiger partial charge is 0.410 e. The van der Waals surface area contributed by atoms with Gasteiger partial charge < -0.3 is 15.0 Å². The van der Waals surface area contributed by atoms with Gasteiger partial charge in [0.05, 0.1) is 0 Å². The molecule has 17 heavy (non-hydrogen) atoms. The number of carbonyl (C=O) groups is 1. The van der Waals surface area contributed by atoms with Gasteiger partial charge in [-0.25, -0.2) is 4.79 Å². The summed E-state index contributed by atoms with van der Waals surface area (Å²) in [5.41, 5.74) is -0.391. The minimum atomic E-state index is -0.391. The molecule has 0 aromatic carbocycles. The van der Waals surface area contributed by atoms with E-state index in [1.807, 2.05) is 25.7 Å². The van der Waals surface area contributed by atoms with E-state index in [0.29, 0.717) is 0 Å². The summed E-state index contributed by atoms with van der Waals surface area (Å²) >= 11 is 0. The van der Waals surface area contributed by atoms with Crippen LogP contribution in [0.4, 0.5) is 4.79 Å². The van der Waals surface area contributed by atoms with Crippen LogP contribution in [0.1, 0.15) is 33.6 Å². The van der Waals surface area contributed by atoms with Gasteiger partial charge in [0.15, 0.2) is 0 Å². The summed E-state index contributed by atoms with van der Waals surface area (Å²) in [6.45, 7) is 15.3. The number of nitrogens with zero attached hydrogens (tertiary/aromatic N) is 1. The van der Waals surface area contributed by atoms with Crippen LogP contribution in [0, 0.1) is 0 Å². The van der Waals surface area contributed by atoms with E-state index in [-0.39, 0.29) is 6.09 Å². The summed E-state index contributed by atoms with van der Waals surface area (Å²) in [6, 6.07) is 0. The quantitative estimate of drug-likeness (QED) is 0.663. The van der Waals surface area contributed by atoms with Gasteiger partial charge >= 0.3 is 6.09 Å². The molecule has 0 aromatic rings. The van der Waals surface area contributed by atoms with E-state index < -0.39 is 5.60 Å². The number of hydrogen-bond acceptors (Lipinski definition) is 3. The van der Waals surface area contributed by atoms with Gasteiger partial charge in [-0.1, -0.05) is 0 Å². The average molecular weight is 242 g/mol. The first-order valence-corrected chi connectivity index (χ1v) is 6.18. The van der Waals surface area contributed by atoms with Crippen molar-refractivity contribution in [2.24, 2.45) is 0 Å². The van der Waals surface area contributed by atoms with Crippen molar-refractivity contribution in [3.63, 3.8) is 0 Å². The molecule has 0 spiro atoms. The molecule has 0 bridgehead atoms. The minimum absolute atomic E-state index is 0.176. The molecule has 0 saturated carbocycles. The van der Waals surface area contributed by atoms with Gasteiger partial charge in [0.2, 0.25) is 0 Å². The van der Waals surface area contributed by atoms with Crippen molar-refractivity contribution in [3.8, 4) is 0 Å². The van der Waals surface area contributed by atoms with Crippen LogP contribution in [0.5, 0.6) is 0 Å². The van der Waals surface area contributed by atoms with Gasteiger partial charge in [0.1, 0.15) is 5.60 Å². The maximum Gasteiger partial charge on any atom is 0.410 e. The van der Waals surface area contributed by atoms with Crippen molar-refractivity contribution < 1.29 is 9.53 Å². The number of amides is 1. The monoisotopic (exact) mass is 242 g/mol. The Kier molecular flexibility index (Phi) is 7.63. The van der Waals surface area contributed by atoms with E-state index in [1.54, 1.807) is 0 Å². The Balaban J connectivity index is 0.00000121. The highest BCUT2D eigenvalue weighted by molar-refractivity contribution is 5.68. The molecule has 100 valence electrons.